The number of piperidine rings is 1. The van der Waals surface area contributed by atoms with E-state index in [1.54, 1.807) is 11.3 Å². The molecule has 3 aliphatic rings. The summed E-state index contributed by atoms with van der Waals surface area (Å²) in [6.07, 6.45) is 2.00. The van der Waals surface area contributed by atoms with Gasteiger partial charge in [0.25, 0.3) is 0 Å². The van der Waals surface area contributed by atoms with Crippen molar-refractivity contribution in [3.8, 4) is 17.0 Å². The number of aryl methyl sites for hydroxylation is 2. The fourth-order valence-corrected chi connectivity index (χ4v) is 7.39. The maximum Gasteiger partial charge on any atom is 0.307 e. The van der Waals surface area contributed by atoms with Crippen molar-refractivity contribution in [1.29, 1.82) is 0 Å². The fourth-order valence-electron chi connectivity index (χ4n) is 6.55. The Bertz CT molecular complexity index is 1320. The third-order valence-corrected chi connectivity index (χ3v) is 9.56. The lowest BCUT2D eigenvalue weighted by Crippen LogP contribution is -2.44. The van der Waals surface area contributed by atoms with Crippen LogP contribution >= 0.6 is 11.3 Å². The molecular weight excluding hydrogens is 510 g/mol. The molecule has 7 nitrogen and oxygen atoms in total. The predicted octanol–water partition coefficient (Wildman–Crippen LogP) is 5.39. The van der Waals surface area contributed by atoms with E-state index in [1.807, 2.05) is 0 Å². The molecule has 0 amide bonds. The van der Waals surface area contributed by atoms with Gasteiger partial charge in [-0.1, -0.05) is 30.3 Å². The first-order valence-electron chi connectivity index (χ1n) is 14.0. The molecule has 1 N–H and O–H groups in total. The van der Waals surface area contributed by atoms with Gasteiger partial charge in [0.2, 0.25) is 0 Å². The minimum atomic E-state index is -0.634. The average Bonchev–Trinajstić information content (AvgIpc) is 3.52. The second-order valence-corrected chi connectivity index (χ2v) is 12.1. The summed E-state index contributed by atoms with van der Waals surface area (Å²) in [6.45, 7) is 10.9. The van der Waals surface area contributed by atoms with Crippen molar-refractivity contribution in [2.24, 2.45) is 17.8 Å². The highest BCUT2D eigenvalue weighted by atomic mass is 32.1. The van der Waals surface area contributed by atoms with Gasteiger partial charge in [-0.05, 0) is 66.8 Å². The molecule has 3 aromatic rings. The van der Waals surface area contributed by atoms with Crippen molar-refractivity contribution >= 4 is 22.4 Å². The molecule has 2 aliphatic heterocycles. The van der Waals surface area contributed by atoms with Crippen LogP contribution in [0.1, 0.15) is 35.1 Å². The van der Waals surface area contributed by atoms with Gasteiger partial charge in [0.05, 0.1) is 24.8 Å². The molecule has 1 aromatic heterocycles. The number of benzene rings is 2. The van der Waals surface area contributed by atoms with Gasteiger partial charge in [0.1, 0.15) is 12.4 Å². The van der Waals surface area contributed by atoms with E-state index < -0.39 is 5.97 Å². The lowest BCUT2D eigenvalue weighted by atomic mass is 9.85. The van der Waals surface area contributed by atoms with Crippen molar-refractivity contribution < 1.29 is 19.4 Å². The number of aromatic nitrogens is 1. The first-order valence-corrected chi connectivity index (χ1v) is 14.9. The lowest BCUT2D eigenvalue weighted by molar-refractivity contribution is -0.144. The largest absolute Gasteiger partial charge is 0.488 e. The molecule has 39 heavy (non-hydrogen) atoms. The normalized spacial score (nSPS) is 23.2. The molecule has 206 valence electrons. The summed E-state index contributed by atoms with van der Waals surface area (Å²) in [5.74, 6) is 0.473. The summed E-state index contributed by atoms with van der Waals surface area (Å²) in [5.41, 5.74) is 6.76. The van der Waals surface area contributed by atoms with Crippen LogP contribution in [0.3, 0.4) is 0 Å². The van der Waals surface area contributed by atoms with Gasteiger partial charge in [-0.25, -0.2) is 4.98 Å². The van der Waals surface area contributed by atoms with E-state index in [-0.39, 0.29) is 17.8 Å². The molecule has 1 aliphatic carbocycles. The van der Waals surface area contributed by atoms with Crippen LogP contribution in [0.5, 0.6) is 5.75 Å². The highest BCUT2D eigenvalue weighted by molar-refractivity contribution is 7.14. The lowest BCUT2D eigenvalue weighted by Gasteiger charge is -2.35. The monoisotopic (exact) mass is 547 g/mol. The van der Waals surface area contributed by atoms with Crippen LogP contribution in [0, 0.1) is 31.6 Å². The van der Waals surface area contributed by atoms with Gasteiger partial charge >= 0.3 is 5.97 Å². The van der Waals surface area contributed by atoms with E-state index in [4.69, 9.17) is 14.5 Å². The number of nitrogens with zero attached hydrogens (tertiary/aromatic N) is 3. The molecule has 0 radical (unpaired) electrons. The summed E-state index contributed by atoms with van der Waals surface area (Å²) >= 11 is 1.64. The standard InChI is InChI=1S/C31H37N3O4S/c1-20-4-3-5-26(27-19-39-31(32-27)34-16-23-8-9-24(17-34)28(23)30(35)36)29(20)38-18-25-7-6-22(14-21(25)2)15-33-10-12-37-13-11-33/h3-7,14,19,23-24,28H,8-13,15-18H2,1-2H3,(H,35,36)/t23-,24+,28+. The van der Waals surface area contributed by atoms with Gasteiger partial charge in [-0.15, -0.1) is 11.3 Å². The van der Waals surface area contributed by atoms with Crippen LogP contribution < -0.4 is 9.64 Å². The predicted molar refractivity (Wildman–Crippen MR) is 153 cm³/mol. The Morgan fingerprint density at radius 2 is 1.87 bits per heavy atom. The first-order chi connectivity index (χ1) is 19.0. The van der Waals surface area contributed by atoms with E-state index in [2.05, 4.69) is 65.4 Å². The number of hydrogen-bond acceptors (Lipinski definition) is 7. The van der Waals surface area contributed by atoms with Gasteiger partial charge in [-0.3, -0.25) is 9.69 Å². The molecule has 3 heterocycles. The first kappa shape index (κ1) is 26.3. The number of rotatable bonds is 8. The smallest absolute Gasteiger partial charge is 0.307 e. The van der Waals surface area contributed by atoms with Crippen LogP contribution in [-0.2, 0) is 22.7 Å². The fraction of sp³-hybridized carbons (Fsp3) is 0.484. The van der Waals surface area contributed by atoms with Gasteiger partial charge < -0.3 is 19.5 Å². The van der Waals surface area contributed by atoms with Crippen molar-refractivity contribution in [3.05, 3.63) is 64.0 Å². The topological polar surface area (TPSA) is 75.1 Å². The van der Waals surface area contributed by atoms with Crippen LogP contribution in [-0.4, -0.2) is 60.4 Å². The third kappa shape index (κ3) is 5.55. The molecule has 3 atom stereocenters. The summed E-state index contributed by atoms with van der Waals surface area (Å²) in [4.78, 5) is 21.5. The molecular formula is C31H37N3O4S. The maximum absolute atomic E-state index is 11.7. The Morgan fingerprint density at radius 3 is 2.59 bits per heavy atom. The summed E-state index contributed by atoms with van der Waals surface area (Å²) in [6, 6.07) is 12.9. The number of carboxylic acids is 1. The molecule has 2 saturated heterocycles. The highest BCUT2D eigenvalue weighted by Crippen LogP contribution is 2.44. The zero-order chi connectivity index (χ0) is 26.9. The van der Waals surface area contributed by atoms with Crippen molar-refractivity contribution in [2.75, 3.05) is 44.3 Å². The number of thiazole rings is 1. The Labute approximate surface area is 234 Å². The molecule has 0 unspecified atom stereocenters. The molecule has 2 bridgehead atoms. The average molecular weight is 548 g/mol. The maximum atomic E-state index is 11.7. The molecule has 8 heteroatoms. The van der Waals surface area contributed by atoms with Gasteiger partial charge in [0.15, 0.2) is 5.13 Å². The minimum absolute atomic E-state index is 0.200. The molecule has 0 spiro atoms. The zero-order valence-electron chi connectivity index (χ0n) is 22.8. The summed E-state index contributed by atoms with van der Waals surface area (Å²) in [7, 11) is 0. The number of hydrogen-bond donors (Lipinski definition) is 1. The Hall–Kier alpha value is -2.94. The third-order valence-electron chi connectivity index (χ3n) is 8.66. The van der Waals surface area contributed by atoms with Crippen LogP contribution in [0.15, 0.2) is 41.8 Å². The van der Waals surface area contributed by atoms with E-state index in [0.29, 0.717) is 6.61 Å². The number of aliphatic carboxylic acids is 1. The Kier molecular flexibility index (Phi) is 7.60. The van der Waals surface area contributed by atoms with E-state index in [0.717, 1.165) is 86.5 Å². The molecule has 6 rings (SSSR count). The number of ether oxygens (including phenoxy) is 2. The Morgan fingerprint density at radius 1 is 1.10 bits per heavy atom. The molecule has 3 fully saturated rings. The number of para-hydroxylation sites is 1. The number of carbonyl (C=O) groups is 1. The number of fused-ring (bicyclic) bond motifs is 2. The van der Waals surface area contributed by atoms with Crippen molar-refractivity contribution in [1.82, 2.24) is 9.88 Å². The molecule has 1 saturated carbocycles. The number of carboxylic acid groups (broad SMARTS) is 1. The van der Waals surface area contributed by atoms with Crippen molar-refractivity contribution in [2.45, 2.75) is 39.8 Å². The van der Waals surface area contributed by atoms with Gasteiger partial charge in [0, 0.05) is 43.7 Å². The highest BCUT2D eigenvalue weighted by Gasteiger charge is 2.46. The summed E-state index contributed by atoms with van der Waals surface area (Å²) in [5, 5.41) is 12.7. The van der Waals surface area contributed by atoms with E-state index >= 15 is 0 Å². The second kappa shape index (κ2) is 11.3. The van der Waals surface area contributed by atoms with Crippen LogP contribution in [0.4, 0.5) is 5.13 Å². The Balaban J connectivity index is 1.15. The van der Waals surface area contributed by atoms with E-state index in [9.17, 15) is 9.90 Å². The van der Waals surface area contributed by atoms with Crippen LogP contribution in [0.2, 0.25) is 0 Å². The minimum Gasteiger partial charge on any atom is -0.488 e. The summed E-state index contributed by atoms with van der Waals surface area (Å²) < 4.78 is 12.0. The zero-order valence-corrected chi connectivity index (χ0v) is 23.6. The second-order valence-electron chi connectivity index (χ2n) is 11.3. The van der Waals surface area contributed by atoms with Gasteiger partial charge in [-0.2, -0.15) is 0 Å². The SMILES string of the molecule is Cc1cc(CN2CCOCC2)ccc1COc1c(C)cccc1-c1csc(N2C[C@H]3CC[C@@H](C2)[C@H]3C(=O)O)n1. The molecule has 2 aromatic carbocycles. The number of morpholine rings is 1. The van der Waals surface area contributed by atoms with Crippen molar-refractivity contribution in [3.63, 3.8) is 0 Å². The quantitative estimate of drug-likeness (QED) is 0.406. The van der Waals surface area contributed by atoms with Crippen LogP contribution in [0.25, 0.3) is 11.3 Å². The van der Waals surface area contributed by atoms with E-state index in [1.165, 1.54) is 16.7 Å². The number of anilines is 1.